The Morgan fingerprint density at radius 3 is 1.94 bits per heavy atom. The van der Waals surface area contributed by atoms with Gasteiger partial charge in [0.15, 0.2) is 0 Å². The molecule has 0 atom stereocenters. The fourth-order valence-corrected chi connectivity index (χ4v) is 5.00. The van der Waals surface area contributed by atoms with Crippen LogP contribution in [0.1, 0.15) is 12.8 Å². The predicted octanol–water partition coefficient (Wildman–Crippen LogP) is 5.63. The summed E-state index contributed by atoms with van der Waals surface area (Å²) >= 11 is 0. The van der Waals surface area contributed by atoms with E-state index >= 15 is 0 Å². The number of azo groups is 1. The molecule has 1 fully saturated rings. The van der Waals surface area contributed by atoms with Crippen LogP contribution in [0.5, 0.6) is 0 Å². The average molecular weight is 476 g/mol. The Bertz CT molecular complexity index is 1260. The summed E-state index contributed by atoms with van der Waals surface area (Å²) in [5.74, 6) is -0.374. The van der Waals surface area contributed by atoms with Crippen LogP contribution in [0.15, 0.2) is 112 Å². The SMILES string of the molecule is C=CC(=O)OC1CCN(c2ccc(/N=N/c3ccc(S(=O)(=O)c4ccccc4)cc3)cc2)CC1. The molecule has 0 unspecified atom stereocenters. The molecule has 7 nitrogen and oxygen atoms in total. The molecule has 1 aliphatic rings. The van der Waals surface area contributed by atoms with E-state index in [1.165, 1.54) is 18.2 Å². The first-order valence-electron chi connectivity index (χ1n) is 11.0. The van der Waals surface area contributed by atoms with Crippen LogP contribution in [0.2, 0.25) is 0 Å². The summed E-state index contributed by atoms with van der Waals surface area (Å²) < 4.78 is 30.7. The molecule has 0 radical (unpaired) electrons. The van der Waals surface area contributed by atoms with Gasteiger partial charge in [-0.15, -0.1) is 0 Å². The van der Waals surface area contributed by atoms with Crippen molar-refractivity contribution >= 4 is 32.9 Å². The molecule has 0 bridgehead atoms. The second kappa shape index (κ2) is 10.4. The highest BCUT2D eigenvalue weighted by molar-refractivity contribution is 7.91. The number of hydrogen-bond donors (Lipinski definition) is 0. The van der Waals surface area contributed by atoms with Gasteiger partial charge in [0, 0.05) is 37.7 Å². The first kappa shape index (κ1) is 23.4. The van der Waals surface area contributed by atoms with Gasteiger partial charge in [0.25, 0.3) is 0 Å². The summed E-state index contributed by atoms with van der Waals surface area (Å²) in [5, 5.41) is 8.48. The Kier molecular flexibility index (Phi) is 7.18. The zero-order valence-corrected chi connectivity index (χ0v) is 19.4. The fraction of sp³-hybridized carbons (Fsp3) is 0.192. The number of sulfone groups is 1. The number of carbonyl (C=O) groups excluding carboxylic acids is 1. The molecule has 0 saturated carbocycles. The Hall–Kier alpha value is -3.78. The minimum atomic E-state index is -3.56. The van der Waals surface area contributed by atoms with Crippen LogP contribution in [0.25, 0.3) is 0 Å². The van der Waals surface area contributed by atoms with E-state index in [1.807, 2.05) is 24.3 Å². The van der Waals surface area contributed by atoms with Crippen molar-refractivity contribution in [1.82, 2.24) is 0 Å². The Morgan fingerprint density at radius 1 is 0.853 bits per heavy atom. The average Bonchev–Trinajstić information content (AvgIpc) is 2.89. The van der Waals surface area contributed by atoms with E-state index in [9.17, 15) is 13.2 Å². The number of piperidine rings is 1. The van der Waals surface area contributed by atoms with Crippen LogP contribution in [-0.2, 0) is 19.4 Å². The first-order valence-corrected chi connectivity index (χ1v) is 12.4. The second-order valence-corrected chi connectivity index (χ2v) is 9.80. The zero-order valence-electron chi connectivity index (χ0n) is 18.6. The van der Waals surface area contributed by atoms with Gasteiger partial charge in [0.05, 0.1) is 21.2 Å². The van der Waals surface area contributed by atoms with Crippen LogP contribution >= 0.6 is 0 Å². The van der Waals surface area contributed by atoms with Crippen LogP contribution in [0.3, 0.4) is 0 Å². The van der Waals surface area contributed by atoms with Gasteiger partial charge in [-0.2, -0.15) is 10.2 Å². The first-order chi connectivity index (χ1) is 16.5. The van der Waals surface area contributed by atoms with Crippen molar-refractivity contribution in [3.8, 4) is 0 Å². The highest BCUT2D eigenvalue weighted by Gasteiger charge is 2.21. The molecular formula is C26H25N3O4S. The van der Waals surface area contributed by atoms with Crippen LogP contribution in [-0.4, -0.2) is 33.6 Å². The second-order valence-electron chi connectivity index (χ2n) is 7.85. The Labute approximate surface area is 199 Å². The molecule has 1 heterocycles. The summed E-state index contributed by atoms with van der Waals surface area (Å²) in [6.45, 7) is 5.03. The lowest BCUT2D eigenvalue weighted by Gasteiger charge is -2.33. The smallest absolute Gasteiger partial charge is 0.330 e. The standard InChI is InChI=1S/C26H25N3O4S/c1-2-26(30)33-23-16-18-29(19-17-23)22-12-8-20(9-13-22)27-28-21-10-14-25(15-11-21)34(31,32)24-6-4-3-5-7-24/h2-15,23H,1,16-19H2/b28-27+. The normalized spacial score (nSPS) is 14.8. The maximum absolute atomic E-state index is 12.7. The summed E-state index contributed by atoms with van der Waals surface area (Å²) in [5.41, 5.74) is 2.33. The molecule has 0 N–H and O–H groups in total. The molecule has 0 amide bonds. The lowest BCUT2D eigenvalue weighted by Crippen LogP contribution is -2.37. The Morgan fingerprint density at radius 2 is 1.38 bits per heavy atom. The van der Waals surface area contributed by atoms with Gasteiger partial charge in [0.1, 0.15) is 6.10 Å². The van der Waals surface area contributed by atoms with Crippen molar-refractivity contribution in [3.05, 3.63) is 91.5 Å². The van der Waals surface area contributed by atoms with E-state index in [4.69, 9.17) is 4.74 Å². The summed E-state index contributed by atoms with van der Waals surface area (Å²) in [4.78, 5) is 14.1. The largest absolute Gasteiger partial charge is 0.459 e. The highest BCUT2D eigenvalue weighted by atomic mass is 32.2. The molecule has 34 heavy (non-hydrogen) atoms. The quantitative estimate of drug-likeness (QED) is 0.251. The number of rotatable bonds is 7. The molecular weight excluding hydrogens is 450 g/mol. The van der Waals surface area contributed by atoms with Gasteiger partial charge in [-0.3, -0.25) is 0 Å². The lowest BCUT2D eigenvalue weighted by molar-refractivity contribution is -0.143. The molecule has 3 aromatic carbocycles. The van der Waals surface area contributed by atoms with Gasteiger partial charge in [-0.1, -0.05) is 24.8 Å². The van der Waals surface area contributed by atoms with Gasteiger partial charge in [0.2, 0.25) is 9.84 Å². The Balaban J connectivity index is 1.36. The number of anilines is 1. The van der Waals surface area contributed by atoms with Crippen molar-refractivity contribution in [2.75, 3.05) is 18.0 Å². The van der Waals surface area contributed by atoms with Crippen molar-refractivity contribution in [1.29, 1.82) is 0 Å². The minimum Gasteiger partial charge on any atom is -0.459 e. The fourth-order valence-electron chi connectivity index (χ4n) is 3.72. The third kappa shape index (κ3) is 5.58. The van der Waals surface area contributed by atoms with Gasteiger partial charge >= 0.3 is 5.97 Å². The third-order valence-corrected chi connectivity index (χ3v) is 7.37. The molecule has 174 valence electrons. The van der Waals surface area contributed by atoms with Gasteiger partial charge < -0.3 is 9.64 Å². The molecule has 4 rings (SSSR count). The molecule has 0 spiro atoms. The summed E-state index contributed by atoms with van der Waals surface area (Å²) in [6, 6.07) is 22.4. The van der Waals surface area contributed by atoms with Gasteiger partial charge in [-0.05, 0) is 60.7 Å². The molecule has 8 heteroatoms. The highest BCUT2D eigenvalue weighted by Crippen LogP contribution is 2.27. The van der Waals surface area contributed by atoms with Crippen molar-refractivity contribution in [2.45, 2.75) is 28.7 Å². The number of ether oxygens (including phenoxy) is 1. The molecule has 1 aliphatic heterocycles. The van der Waals surface area contributed by atoms with E-state index in [0.29, 0.717) is 11.4 Å². The number of hydrogen-bond acceptors (Lipinski definition) is 7. The topological polar surface area (TPSA) is 88.4 Å². The monoisotopic (exact) mass is 475 g/mol. The third-order valence-electron chi connectivity index (χ3n) is 5.59. The van der Waals surface area contributed by atoms with Crippen molar-refractivity contribution in [3.63, 3.8) is 0 Å². The van der Waals surface area contributed by atoms with Crippen molar-refractivity contribution < 1.29 is 17.9 Å². The zero-order chi connectivity index (χ0) is 24.0. The van der Waals surface area contributed by atoms with Gasteiger partial charge in [-0.25, -0.2) is 13.2 Å². The molecule has 0 aliphatic carbocycles. The lowest BCUT2D eigenvalue weighted by atomic mass is 10.1. The summed E-state index contributed by atoms with van der Waals surface area (Å²) in [6.07, 6.45) is 2.68. The maximum Gasteiger partial charge on any atom is 0.330 e. The molecule has 3 aromatic rings. The van der Waals surface area contributed by atoms with E-state index < -0.39 is 9.84 Å². The van der Waals surface area contributed by atoms with E-state index in [0.717, 1.165) is 31.6 Å². The minimum absolute atomic E-state index is 0.0658. The number of esters is 1. The maximum atomic E-state index is 12.7. The van der Waals surface area contributed by atoms with E-state index in [2.05, 4.69) is 21.7 Å². The number of benzene rings is 3. The van der Waals surface area contributed by atoms with Crippen LogP contribution < -0.4 is 4.90 Å². The summed E-state index contributed by atoms with van der Waals surface area (Å²) in [7, 11) is -3.56. The molecule has 0 aromatic heterocycles. The number of carbonyl (C=O) groups is 1. The van der Waals surface area contributed by atoms with E-state index in [-0.39, 0.29) is 21.9 Å². The van der Waals surface area contributed by atoms with Crippen molar-refractivity contribution in [2.24, 2.45) is 10.2 Å². The number of nitrogens with zero attached hydrogens (tertiary/aromatic N) is 3. The van der Waals surface area contributed by atoms with E-state index in [1.54, 1.807) is 42.5 Å². The van der Waals surface area contributed by atoms with Crippen LogP contribution in [0, 0.1) is 0 Å². The predicted molar refractivity (Wildman–Crippen MR) is 130 cm³/mol. The molecule has 1 saturated heterocycles. The van der Waals surface area contributed by atoms with Crippen LogP contribution in [0.4, 0.5) is 17.1 Å².